The second-order valence-electron chi connectivity index (χ2n) is 7.48. The molecule has 0 aliphatic heterocycles. The number of ether oxygens (including phenoxy) is 3. The molecule has 0 spiro atoms. The van der Waals surface area contributed by atoms with E-state index in [1.807, 2.05) is 81.4 Å². The van der Waals surface area contributed by atoms with Gasteiger partial charge in [-0.1, -0.05) is 72.0 Å². The molecular formula is C28H28N2O4S. The Morgan fingerprint density at radius 2 is 1.34 bits per heavy atom. The Morgan fingerprint density at radius 1 is 0.800 bits per heavy atom. The average molecular weight is 489 g/mol. The van der Waals surface area contributed by atoms with E-state index in [9.17, 15) is 4.79 Å². The third-order valence-corrected chi connectivity index (χ3v) is 6.12. The van der Waals surface area contributed by atoms with Crippen molar-refractivity contribution in [1.29, 1.82) is 0 Å². The Balaban J connectivity index is 1.70. The highest BCUT2D eigenvalue weighted by Crippen LogP contribution is 2.41. The van der Waals surface area contributed by atoms with Crippen molar-refractivity contribution in [2.75, 3.05) is 25.1 Å². The first-order valence-corrected chi connectivity index (χ1v) is 12.5. The summed E-state index contributed by atoms with van der Waals surface area (Å²) in [5.74, 6) is 1.14. The van der Waals surface area contributed by atoms with Crippen molar-refractivity contribution in [3.05, 3.63) is 78.4 Å². The minimum atomic E-state index is -0.303. The van der Waals surface area contributed by atoms with E-state index in [0.29, 0.717) is 47.8 Å². The van der Waals surface area contributed by atoms with Gasteiger partial charge in [0.05, 0.1) is 30.4 Å². The molecule has 0 fully saturated rings. The molecule has 0 unspecified atom stereocenters. The van der Waals surface area contributed by atoms with Crippen LogP contribution in [0.15, 0.2) is 72.8 Å². The van der Waals surface area contributed by atoms with E-state index in [1.54, 1.807) is 12.1 Å². The molecule has 1 aromatic heterocycles. The van der Waals surface area contributed by atoms with E-state index in [4.69, 9.17) is 19.2 Å². The van der Waals surface area contributed by atoms with Crippen molar-refractivity contribution < 1.29 is 19.0 Å². The largest absolute Gasteiger partial charge is 0.490 e. The number of nitrogens with one attached hydrogen (secondary N) is 1. The van der Waals surface area contributed by atoms with Crippen LogP contribution in [0.1, 0.15) is 31.1 Å². The topological polar surface area (TPSA) is 69.7 Å². The summed E-state index contributed by atoms with van der Waals surface area (Å²) in [5.41, 5.74) is 3.26. The number of carbonyl (C=O) groups is 1. The first-order valence-electron chi connectivity index (χ1n) is 11.6. The highest BCUT2D eigenvalue weighted by atomic mass is 32.1. The fourth-order valence-electron chi connectivity index (χ4n) is 3.64. The summed E-state index contributed by atoms with van der Waals surface area (Å²) in [7, 11) is 0. The molecule has 4 aromatic rings. The van der Waals surface area contributed by atoms with Gasteiger partial charge in [0.25, 0.3) is 5.91 Å². The smallest absolute Gasteiger partial charge is 0.257 e. The third-order valence-electron chi connectivity index (χ3n) is 5.10. The van der Waals surface area contributed by atoms with Gasteiger partial charge in [-0.3, -0.25) is 10.1 Å². The SMILES string of the molecule is CCOc1cc(C(=O)Nc2nc(-c3ccccc3)c(-c3ccccc3)s2)cc(OCC)c1OCC. The van der Waals surface area contributed by atoms with Crippen LogP contribution in [-0.2, 0) is 0 Å². The second kappa shape index (κ2) is 11.5. The summed E-state index contributed by atoms with van der Waals surface area (Å²) < 4.78 is 17.3. The predicted molar refractivity (Wildman–Crippen MR) is 141 cm³/mol. The molecule has 1 amide bonds. The fourth-order valence-corrected chi connectivity index (χ4v) is 4.63. The zero-order chi connectivity index (χ0) is 24.6. The third kappa shape index (κ3) is 5.63. The number of hydrogen-bond donors (Lipinski definition) is 1. The number of rotatable bonds is 10. The van der Waals surface area contributed by atoms with Crippen LogP contribution in [0.4, 0.5) is 5.13 Å². The Labute approximate surface area is 209 Å². The van der Waals surface area contributed by atoms with Gasteiger partial charge < -0.3 is 14.2 Å². The summed E-state index contributed by atoms with van der Waals surface area (Å²) in [4.78, 5) is 19.1. The fraction of sp³-hybridized carbons (Fsp3) is 0.214. The number of anilines is 1. The number of benzene rings is 3. The van der Waals surface area contributed by atoms with E-state index < -0.39 is 0 Å². The lowest BCUT2D eigenvalue weighted by atomic mass is 10.1. The van der Waals surface area contributed by atoms with Gasteiger partial charge in [0.1, 0.15) is 0 Å². The number of amides is 1. The Bertz CT molecular complexity index is 1190. The number of carbonyl (C=O) groups excluding carboxylic acids is 1. The molecule has 0 saturated carbocycles. The zero-order valence-corrected chi connectivity index (χ0v) is 20.9. The van der Waals surface area contributed by atoms with Crippen LogP contribution in [0.5, 0.6) is 17.2 Å². The molecule has 180 valence electrons. The summed E-state index contributed by atoms with van der Waals surface area (Å²) >= 11 is 1.44. The molecule has 0 aliphatic carbocycles. The monoisotopic (exact) mass is 488 g/mol. The van der Waals surface area contributed by atoms with Gasteiger partial charge in [0.2, 0.25) is 5.75 Å². The van der Waals surface area contributed by atoms with Crippen LogP contribution in [0, 0.1) is 0 Å². The molecule has 0 bridgehead atoms. The molecule has 4 rings (SSSR count). The van der Waals surface area contributed by atoms with E-state index in [1.165, 1.54) is 11.3 Å². The van der Waals surface area contributed by atoms with E-state index in [2.05, 4.69) is 5.32 Å². The molecule has 35 heavy (non-hydrogen) atoms. The van der Waals surface area contributed by atoms with Crippen LogP contribution >= 0.6 is 11.3 Å². The molecule has 1 heterocycles. The van der Waals surface area contributed by atoms with Crippen molar-refractivity contribution in [1.82, 2.24) is 4.98 Å². The van der Waals surface area contributed by atoms with Gasteiger partial charge in [-0.25, -0.2) is 4.98 Å². The van der Waals surface area contributed by atoms with Crippen LogP contribution in [-0.4, -0.2) is 30.7 Å². The number of nitrogens with zero attached hydrogens (tertiary/aromatic N) is 1. The summed E-state index contributed by atoms with van der Waals surface area (Å²) in [6.45, 7) is 6.98. The summed E-state index contributed by atoms with van der Waals surface area (Å²) in [5, 5.41) is 3.48. The molecule has 0 radical (unpaired) electrons. The second-order valence-corrected chi connectivity index (χ2v) is 8.48. The maximum atomic E-state index is 13.3. The van der Waals surface area contributed by atoms with Crippen molar-refractivity contribution in [2.24, 2.45) is 0 Å². The minimum Gasteiger partial charge on any atom is -0.490 e. The van der Waals surface area contributed by atoms with Gasteiger partial charge in [-0.2, -0.15) is 0 Å². The maximum Gasteiger partial charge on any atom is 0.257 e. The van der Waals surface area contributed by atoms with E-state index in [-0.39, 0.29) is 5.91 Å². The molecule has 6 nitrogen and oxygen atoms in total. The lowest BCUT2D eigenvalue weighted by Crippen LogP contribution is -2.13. The molecule has 3 aromatic carbocycles. The van der Waals surface area contributed by atoms with Gasteiger partial charge >= 0.3 is 0 Å². The summed E-state index contributed by atoms with van der Waals surface area (Å²) in [6, 6.07) is 23.4. The molecule has 0 saturated heterocycles. The Hall–Kier alpha value is -3.84. The first-order chi connectivity index (χ1) is 17.1. The van der Waals surface area contributed by atoms with Gasteiger partial charge in [-0.15, -0.1) is 0 Å². The number of aromatic nitrogens is 1. The standard InChI is InChI=1S/C28H28N2O4S/c1-4-32-22-17-21(18-23(33-5-2)25(22)34-6-3)27(31)30-28-29-24(19-13-9-7-10-14-19)26(35-28)20-15-11-8-12-16-20/h7-18H,4-6H2,1-3H3,(H,29,30,31). The Kier molecular flexibility index (Phi) is 8.00. The number of hydrogen-bond acceptors (Lipinski definition) is 6. The van der Waals surface area contributed by atoms with Crippen molar-refractivity contribution in [2.45, 2.75) is 20.8 Å². The Morgan fingerprint density at radius 3 is 1.89 bits per heavy atom. The van der Waals surface area contributed by atoms with Crippen LogP contribution < -0.4 is 19.5 Å². The molecule has 7 heteroatoms. The van der Waals surface area contributed by atoms with Gasteiger partial charge in [-0.05, 0) is 38.5 Å². The highest BCUT2D eigenvalue weighted by Gasteiger charge is 2.21. The quantitative estimate of drug-likeness (QED) is 0.262. The zero-order valence-electron chi connectivity index (χ0n) is 20.0. The predicted octanol–water partition coefficient (Wildman–Crippen LogP) is 6.93. The lowest BCUT2D eigenvalue weighted by Gasteiger charge is -2.16. The van der Waals surface area contributed by atoms with Crippen LogP contribution in [0.25, 0.3) is 21.7 Å². The van der Waals surface area contributed by atoms with Gasteiger partial charge in [0, 0.05) is 11.1 Å². The maximum absolute atomic E-state index is 13.3. The minimum absolute atomic E-state index is 0.303. The average Bonchev–Trinajstić information content (AvgIpc) is 3.31. The highest BCUT2D eigenvalue weighted by molar-refractivity contribution is 7.19. The van der Waals surface area contributed by atoms with Crippen LogP contribution in [0.3, 0.4) is 0 Å². The molecule has 0 aliphatic rings. The van der Waals surface area contributed by atoms with E-state index in [0.717, 1.165) is 21.7 Å². The molecule has 0 atom stereocenters. The van der Waals surface area contributed by atoms with Crippen molar-refractivity contribution in [3.63, 3.8) is 0 Å². The molecule has 1 N–H and O–H groups in total. The molecular weight excluding hydrogens is 460 g/mol. The first kappa shape index (κ1) is 24.3. The van der Waals surface area contributed by atoms with Gasteiger partial charge in [0.15, 0.2) is 16.6 Å². The summed E-state index contributed by atoms with van der Waals surface area (Å²) in [6.07, 6.45) is 0. The van der Waals surface area contributed by atoms with E-state index >= 15 is 0 Å². The van der Waals surface area contributed by atoms with Crippen molar-refractivity contribution >= 4 is 22.4 Å². The normalized spacial score (nSPS) is 10.6. The number of thiazole rings is 1. The van der Waals surface area contributed by atoms with Crippen molar-refractivity contribution in [3.8, 4) is 38.9 Å². The van der Waals surface area contributed by atoms with Crippen LogP contribution in [0.2, 0.25) is 0 Å². The lowest BCUT2D eigenvalue weighted by molar-refractivity contribution is 0.102.